The third-order valence-corrected chi connectivity index (χ3v) is 5.00. The van der Waals surface area contributed by atoms with E-state index in [0.29, 0.717) is 5.56 Å². The van der Waals surface area contributed by atoms with Gasteiger partial charge in [-0.2, -0.15) is 0 Å². The standard InChI is InChI=1S/C21H23NO3/c1-13-4-8-16(9-5-13)17-10-18(12-19(11-17)21(24)25)20(23)22-14(2)6-7-15(22)3/h4-5,8-12,14-15H,6-7H2,1-3H3,(H,24,25). The second kappa shape index (κ2) is 6.71. The molecule has 0 radical (unpaired) electrons. The number of carboxylic acid groups (broad SMARTS) is 1. The summed E-state index contributed by atoms with van der Waals surface area (Å²) in [6.45, 7) is 6.09. The normalized spacial score (nSPS) is 19.9. The molecule has 0 saturated carbocycles. The molecule has 2 unspecified atom stereocenters. The molecule has 1 heterocycles. The first-order chi connectivity index (χ1) is 11.9. The van der Waals surface area contributed by atoms with E-state index in [4.69, 9.17) is 0 Å². The highest BCUT2D eigenvalue weighted by Crippen LogP contribution is 2.28. The van der Waals surface area contributed by atoms with Crippen molar-refractivity contribution in [1.82, 2.24) is 4.90 Å². The van der Waals surface area contributed by atoms with Crippen LogP contribution in [0.1, 0.15) is 53.0 Å². The van der Waals surface area contributed by atoms with E-state index < -0.39 is 5.97 Å². The van der Waals surface area contributed by atoms with Gasteiger partial charge in [0.25, 0.3) is 5.91 Å². The van der Waals surface area contributed by atoms with Gasteiger partial charge in [0.2, 0.25) is 0 Å². The Morgan fingerprint density at radius 3 is 2.04 bits per heavy atom. The van der Waals surface area contributed by atoms with Gasteiger partial charge in [-0.1, -0.05) is 29.8 Å². The molecule has 1 N–H and O–H groups in total. The summed E-state index contributed by atoms with van der Waals surface area (Å²) >= 11 is 0. The molecule has 1 fully saturated rings. The van der Waals surface area contributed by atoms with Crippen LogP contribution in [-0.2, 0) is 0 Å². The lowest BCUT2D eigenvalue weighted by Gasteiger charge is -2.26. The SMILES string of the molecule is Cc1ccc(-c2cc(C(=O)O)cc(C(=O)N3C(C)CCC3C)c2)cc1. The van der Waals surface area contributed by atoms with E-state index >= 15 is 0 Å². The number of hydrogen-bond acceptors (Lipinski definition) is 2. The van der Waals surface area contributed by atoms with Gasteiger partial charge in [-0.05, 0) is 62.9 Å². The predicted molar refractivity (Wildman–Crippen MR) is 97.9 cm³/mol. The fourth-order valence-electron chi connectivity index (χ4n) is 3.53. The molecule has 1 amide bonds. The van der Waals surface area contributed by atoms with Crippen molar-refractivity contribution in [2.45, 2.75) is 45.7 Å². The van der Waals surface area contributed by atoms with E-state index in [0.717, 1.165) is 29.5 Å². The number of carboxylic acids is 1. The van der Waals surface area contributed by atoms with Crippen molar-refractivity contribution >= 4 is 11.9 Å². The van der Waals surface area contributed by atoms with Crippen molar-refractivity contribution in [2.24, 2.45) is 0 Å². The minimum absolute atomic E-state index is 0.0889. The van der Waals surface area contributed by atoms with Crippen LogP contribution in [0.15, 0.2) is 42.5 Å². The number of aryl methyl sites for hydroxylation is 1. The number of rotatable bonds is 3. The number of hydrogen-bond donors (Lipinski definition) is 1. The number of benzene rings is 2. The summed E-state index contributed by atoms with van der Waals surface area (Å²) in [7, 11) is 0. The lowest BCUT2D eigenvalue weighted by molar-refractivity contribution is 0.0693. The Morgan fingerprint density at radius 1 is 0.920 bits per heavy atom. The lowest BCUT2D eigenvalue weighted by Crippen LogP contribution is -2.38. The Hall–Kier alpha value is -2.62. The predicted octanol–water partition coefficient (Wildman–Crippen LogP) is 4.37. The van der Waals surface area contributed by atoms with Crippen molar-refractivity contribution in [2.75, 3.05) is 0 Å². The second-order valence-corrected chi connectivity index (χ2v) is 6.96. The highest BCUT2D eigenvalue weighted by molar-refractivity contribution is 5.99. The van der Waals surface area contributed by atoms with Gasteiger partial charge >= 0.3 is 5.97 Å². The van der Waals surface area contributed by atoms with Crippen LogP contribution in [0.2, 0.25) is 0 Å². The third kappa shape index (κ3) is 3.43. The monoisotopic (exact) mass is 337 g/mol. The van der Waals surface area contributed by atoms with Gasteiger partial charge in [0, 0.05) is 17.6 Å². The molecule has 1 saturated heterocycles. The molecule has 3 rings (SSSR count). The van der Waals surface area contributed by atoms with E-state index in [2.05, 4.69) is 0 Å². The van der Waals surface area contributed by atoms with Crippen LogP contribution in [0.25, 0.3) is 11.1 Å². The number of carbonyl (C=O) groups is 2. The van der Waals surface area contributed by atoms with Gasteiger partial charge in [0.1, 0.15) is 0 Å². The maximum absolute atomic E-state index is 13.0. The minimum atomic E-state index is -1.02. The Balaban J connectivity index is 2.05. The summed E-state index contributed by atoms with van der Waals surface area (Å²) in [6.07, 6.45) is 1.96. The number of aromatic carboxylic acids is 1. The van der Waals surface area contributed by atoms with Gasteiger partial charge in [-0.15, -0.1) is 0 Å². The molecular formula is C21H23NO3. The van der Waals surface area contributed by atoms with E-state index in [1.165, 1.54) is 6.07 Å². The Morgan fingerprint density at radius 2 is 1.48 bits per heavy atom. The van der Waals surface area contributed by atoms with E-state index in [1.54, 1.807) is 12.1 Å². The smallest absolute Gasteiger partial charge is 0.335 e. The average molecular weight is 337 g/mol. The van der Waals surface area contributed by atoms with Crippen molar-refractivity contribution in [1.29, 1.82) is 0 Å². The molecule has 4 nitrogen and oxygen atoms in total. The molecule has 0 bridgehead atoms. The molecule has 2 aromatic carbocycles. The van der Waals surface area contributed by atoms with Crippen LogP contribution in [0.4, 0.5) is 0 Å². The van der Waals surface area contributed by atoms with Crippen molar-refractivity contribution in [3.63, 3.8) is 0 Å². The number of carbonyl (C=O) groups excluding carboxylic acids is 1. The van der Waals surface area contributed by atoms with E-state index in [1.807, 2.05) is 49.9 Å². The van der Waals surface area contributed by atoms with Crippen LogP contribution in [0, 0.1) is 6.92 Å². The van der Waals surface area contributed by atoms with Crippen molar-refractivity contribution in [3.8, 4) is 11.1 Å². The van der Waals surface area contributed by atoms with Gasteiger partial charge in [0.15, 0.2) is 0 Å². The maximum atomic E-state index is 13.0. The Labute approximate surface area is 148 Å². The molecule has 2 atom stereocenters. The summed E-state index contributed by atoms with van der Waals surface area (Å²) in [5, 5.41) is 9.45. The number of amides is 1. The zero-order valence-corrected chi connectivity index (χ0v) is 14.8. The van der Waals surface area contributed by atoms with Crippen LogP contribution in [0.5, 0.6) is 0 Å². The summed E-state index contributed by atoms with van der Waals surface area (Å²) < 4.78 is 0. The summed E-state index contributed by atoms with van der Waals surface area (Å²) in [6, 6.07) is 13.1. The summed E-state index contributed by atoms with van der Waals surface area (Å²) in [4.78, 5) is 26.4. The van der Waals surface area contributed by atoms with Crippen molar-refractivity contribution < 1.29 is 14.7 Å². The minimum Gasteiger partial charge on any atom is -0.478 e. The Bertz CT molecular complexity index is 800. The van der Waals surface area contributed by atoms with Gasteiger partial charge in [0.05, 0.1) is 5.56 Å². The molecule has 1 aliphatic rings. The van der Waals surface area contributed by atoms with Gasteiger partial charge < -0.3 is 10.0 Å². The molecule has 4 heteroatoms. The number of nitrogens with zero attached hydrogens (tertiary/aromatic N) is 1. The highest BCUT2D eigenvalue weighted by atomic mass is 16.4. The average Bonchev–Trinajstić information content (AvgIpc) is 2.93. The molecule has 130 valence electrons. The summed E-state index contributed by atoms with van der Waals surface area (Å²) in [5.74, 6) is -1.11. The van der Waals surface area contributed by atoms with Crippen LogP contribution in [-0.4, -0.2) is 34.0 Å². The summed E-state index contributed by atoms with van der Waals surface area (Å²) in [5.41, 5.74) is 3.37. The van der Waals surface area contributed by atoms with Crippen LogP contribution in [0.3, 0.4) is 0 Å². The quantitative estimate of drug-likeness (QED) is 0.904. The molecular weight excluding hydrogens is 314 g/mol. The highest BCUT2D eigenvalue weighted by Gasteiger charge is 2.32. The fourth-order valence-corrected chi connectivity index (χ4v) is 3.53. The largest absolute Gasteiger partial charge is 0.478 e. The lowest BCUT2D eigenvalue weighted by atomic mass is 9.98. The molecule has 0 aromatic heterocycles. The van der Waals surface area contributed by atoms with Gasteiger partial charge in [-0.25, -0.2) is 4.79 Å². The Kier molecular flexibility index (Phi) is 4.62. The zero-order valence-electron chi connectivity index (χ0n) is 14.8. The molecule has 0 aliphatic carbocycles. The first-order valence-corrected chi connectivity index (χ1v) is 8.65. The molecule has 1 aliphatic heterocycles. The molecule has 2 aromatic rings. The van der Waals surface area contributed by atoms with Crippen molar-refractivity contribution in [3.05, 3.63) is 59.2 Å². The van der Waals surface area contributed by atoms with E-state index in [9.17, 15) is 14.7 Å². The topological polar surface area (TPSA) is 57.6 Å². The van der Waals surface area contributed by atoms with E-state index in [-0.39, 0.29) is 23.6 Å². The second-order valence-electron chi connectivity index (χ2n) is 6.96. The fraction of sp³-hybridized carbons (Fsp3) is 0.333. The van der Waals surface area contributed by atoms with Crippen LogP contribution < -0.4 is 0 Å². The first kappa shape index (κ1) is 17.2. The molecule has 0 spiro atoms. The first-order valence-electron chi connectivity index (χ1n) is 8.65. The molecule has 25 heavy (non-hydrogen) atoms. The number of likely N-dealkylation sites (tertiary alicyclic amines) is 1. The zero-order chi connectivity index (χ0) is 18.1. The maximum Gasteiger partial charge on any atom is 0.335 e. The van der Waals surface area contributed by atoms with Gasteiger partial charge in [-0.3, -0.25) is 4.79 Å². The van der Waals surface area contributed by atoms with Crippen LogP contribution >= 0.6 is 0 Å². The third-order valence-electron chi connectivity index (χ3n) is 5.00.